The number of hydrogen-bond acceptors (Lipinski definition) is 1. The number of halogens is 2. The van der Waals surface area contributed by atoms with Gasteiger partial charge in [0.05, 0.1) is 6.04 Å². The van der Waals surface area contributed by atoms with Gasteiger partial charge in [0.15, 0.2) is 0 Å². The summed E-state index contributed by atoms with van der Waals surface area (Å²) < 4.78 is 15.0. The Balaban J connectivity index is 2.48. The molecule has 0 aliphatic heterocycles. The monoisotopic (exact) mass is 321 g/mol. The molecule has 0 bridgehead atoms. The highest BCUT2D eigenvalue weighted by Crippen LogP contribution is 2.27. The fourth-order valence-corrected chi connectivity index (χ4v) is 2.58. The maximum atomic E-state index is 14.1. The first kappa shape index (κ1) is 14.2. The Kier molecular flexibility index (Phi) is 4.72. The predicted molar refractivity (Wildman–Crippen MR) is 80.8 cm³/mol. The molecule has 0 aliphatic rings. The summed E-state index contributed by atoms with van der Waals surface area (Å²) in [7, 11) is 0. The van der Waals surface area contributed by atoms with Gasteiger partial charge >= 0.3 is 0 Å². The van der Waals surface area contributed by atoms with Crippen LogP contribution in [0.2, 0.25) is 0 Å². The second-order valence-corrected chi connectivity index (χ2v) is 5.49. The van der Waals surface area contributed by atoms with E-state index in [1.807, 2.05) is 38.1 Å². The third-order valence-corrected chi connectivity index (χ3v) is 3.55. The summed E-state index contributed by atoms with van der Waals surface area (Å²) in [5.41, 5.74) is 2.93. The summed E-state index contributed by atoms with van der Waals surface area (Å²) in [6, 6.07) is 13.1. The molecule has 0 radical (unpaired) electrons. The molecule has 3 heteroatoms. The van der Waals surface area contributed by atoms with E-state index in [0.717, 1.165) is 16.6 Å². The fraction of sp³-hybridized carbons (Fsp3) is 0.250. The maximum Gasteiger partial charge on any atom is 0.128 e. The molecule has 1 N–H and O–H groups in total. The Hall–Kier alpha value is -1.19. The highest BCUT2D eigenvalue weighted by Gasteiger charge is 2.17. The fourth-order valence-electron chi connectivity index (χ4n) is 2.20. The Bertz CT molecular complexity index is 568. The summed E-state index contributed by atoms with van der Waals surface area (Å²) >= 11 is 3.41. The van der Waals surface area contributed by atoms with Gasteiger partial charge in [-0.2, -0.15) is 0 Å². The normalized spacial score (nSPS) is 12.4. The zero-order valence-corrected chi connectivity index (χ0v) is 12.7. The van der Waals surface area contributed by atoms with Crippen molar-refractivity contribution in [2.24, 2.45) is 0 Å². The van der Waals surface area contributed by atoms with Crippen LogP contribution in [0.15, 0.2) is 46.9 Å². The molecular weight excluding hydrogens is 305 g/mol. The van der Waals surface area contributed by atoms with Crippen molar-refractivity contribution in [2.45, 2.75) is 19.9 Å². The van der Waals surface area contributed by atoms with Gasteiger partial charge in [0, 0.05) is 10.0 Å². The first-order valence-electron chi connectivity index (χ1n) is 6.36. The van der Waals surface area contributed by atoms with E-state index in [1.165, 1.54) is 11.6 Å². The molecule has 0 heterocycles. The molecule has 0 aliphatic carbocycles. The number of benzene rings is 2. The SMILES string of the molecule is CCNC(c1cccc(C)c1)c1cc(Br)ccc1F. The lowest BCUT2D eigenvalue weighted by Crippen LogP contribution is -2.23. The van der Waals surface area contributed by atoms with Crippen molar-refractivity contribution in [2.75, 3.05) is 6.54 Å². The van der Waals surface area contributed by atoms with Crippen LogP contribution < -0.4 is 5.32 Å². The van der Waals surface area contributed by atoms with Crippen molar-refractivity contribution in [3.63, 3.8) is 0 Å². The highest BCUT2D eigenvalue weighted by molar-refractivity contribution is 9.10. The van der Waals surface area contributed by atoms with E-state index in [-0.39, 0.29) is 11.9 Å². The molecule has 100 valence electrons. The summed E-state index contributed by atoms with van der Waals surface area (Å²) in [6.45, 7) is 4.85. The smallest absolute Gasteiger partial charge is 0.128 e. The van der Waals surface area contributed by atoms with Crippen LogP contribution in [-0.4, -0.2) is 6.54 Å². The van der Waals surface area contributed by atoms with Crippen molar-refractivity contribution < 1.29 is 4.39 Å². The molecule has 0 spiro atoms. The Morgan fingerprint density at radius 2 is 2.00 bits per heavy atom. The van der Waals surface area contributed by atoms with Crippen molar-refractivity contribution in [1.82, 2.24) is 5.32 Å². The molecular formula is C16H17BrFN. The molecule has 0 amide bonds. The van der Waals surface area contributed by atoms with Gasteiger partial charge in [-0.25, -0.2) is 4.39 Å². The lowest BCUT2D eigenvalue weighted by Gasteiger charge is -2.20. The third-order valence-electron chi connectivity index (χ3n) is 3.05. The molecule has 0 aromatic heterocycles. The van der Waals surface area contributed by atoms with Gasteiger partial charge < -0.3 is 5.32 Å². The molecule has 0 fully saturated rings. The molecule has 19 heavy (non-hydrogen) atoms. The van der Waals surface area contributed by atoms with E-state index in [4.69, 9.17) is 0 Å². The van der Waals surface area contributed by atoms with Crippen molar-refractivity contribution in [3.8, 4) is 0 Å². The minimum absolute atomic E-state index is 0.123. The zero-order valence-electron chi connectivity index (χ0n) is 11.1. The summed E-state index contributed by atoms with van der Waals surface area (Å²) in [5.74, 6) is -0.185. The van der Waals surface area contributed by atoms with Crippen molar-refractivity contribution >= 4 is 15.9 Å². The first-order chi connectivity index (χ1) is 9.11. The molecule has 1 atom stereocenters. The maximum absolute atomic E-state index is 14.1. The lowest BCUT2D eigenvalue weighted by molar-refractivity contribution is 0.558. The summed E-state index contributed by atoms with van der Waals surface area (Å²) in [4.78, 5) is 0. The first-order valence-corrected chi connectivity index (χ1v) is 7.16. The van der Waals surface area contributed by atoms with E-state index < -0.39 is 0 Å². The Morgan fingerprint density at radius 1 is 1.21 bits per heavy atom. The molecule has 2 aromatic rings. The molecule has 2 rings (SSSR count). The molecule has 1 nitrogen and oxygen atoms in total. The van der Waals surface area contributed by atoms with Crippen LogP contribution in [-0.2, 0) is 0 Å². The van der Waals surface area contributed by atoms with Gasteiger partial charge in [-0.05, 0) is 37.2 Å². The lowest BCUT2D eigenvalue weighted by atomic mass is 9.97. The van der Waals surface area contributed by atoms with Crippen LogP contribution in [0, 0.1) is 12.7 Å². The minimum Gasteiger partial charge on any atom is -0.306 e. The Morgan fingerprint density at radius 3 is 2.68 bits per heavy atom. The van der Waals surface area contributed by atoms with Gasteiger partial charge in [-0.15, -0.1) is 0 Å². The second-order valence-electron chi connectivity index (χ2n) is 4.57. The van der Waals surface area contributed by atoms with Crippen molar-refractivity contribution in [1.29, 1.82) is 0 Å². The second kappa shape index (κ2) is 6.31. The molecule has 0 saturated carbocycles. The van der Waals surface area contributed by atoms with E-state index in [1.54, 1.807) is 6.07 Å². The van der Waals surface area contributed by atoms with Gasteiger partial charge in [0.1, 0.15) is 5.82 Å². The topological polar surface area (TPSA) is 12.0 Å². The van der Waals surface area contributed by atoms with E-state index in [9.17, 15) is 4.39 Å². The number of rotatable bonds is 4. The summed E-state index contributed by atoms with van der Waals surface area (Å²) in [5, 5.41) is 3.35. The van der Waals surface area contributed by atoms with Gasteiger partial charge in [-0.3, -0.25) is 0 Å². The number of aryl methyl sites for hydroxylation is 1. The van der Waals surface area contributed by atoms with Crippen LogP contribution in [0.5, 0.6) is 0 Å². The number of hydrogen-bond donors (Lipinski definition) is 1. The highest BCUT2D eigenvalue weighted by atomic mass is 79.9. The van der Waals surface area contributed by atoms with Crippen LogP contribution in [0.25, 0.3) is 0 Å². The van der Waals surface area contributed by atoms with Crippen molar-refractivity contribution in [3.05, 3.63) is 69.4 Å². The molecule has 1 unspecified atom stereocenters. The largest absolute Gasteiger partial charge is 0.306 e. The standard InChI is InChI=1S/C16H17BrFN/c1-3-19-16(12-6-4-5-11(2)9-12)14-10-13(17)7-8-15(14)18/h4-10,16,19H,3H2,1-2H3. The van der Waals surface area contributed by atoms with E-state index in [2.05, 4.69) is 27.3 Å². The van der Waals surface area contributed by atoms with Crippen LogP contribution in [0.4, 0.5) is 4.39 Å². The van der Waals surface area contributed by atoms with Crippen LogP contribution >= 0.6 is 15.9 Å². The van der Waals surface area contributed by atoms with Crippen LogP contribution in [0.3, 0.4) is 0 Å². The van der Waals surface area contributed by atoms with E-state index in [0.29, 0.717) is 5.56 Å². The predicted octanol–water partition coefficient (Wildman–Crippen LogP) is 4.60. The average molecular weight is 322 g/mol. The van der Waals surface area contributed by atoms with Gasteiger partial charge in [0.25, 0.3) is 0 Å². The average Bonchev–Trinajstić information content (AvgIpc) is 2.39. The molecule has 2 aromatic carbocycles. The number of nitrogens with one attached hydrogen (secondary N) is 1. The Labute approximate surface area is 122 Å². The molecule has 0 saturated heterocycles. The summed E-state index contributed by atoms with van der Waals surface area (Å²) in [6.07, 6.45) is 0. The van der Waals surface area contributed by atoms with Gasteiger partial charge in [0.2, 0.25) is 0 Å². The van der Waals surface area contributed by atoms with E-state index >= 15 is 0 Å². The van der Waals surface area contributed by atoms with Crippen LogP contribution in [0.1, 0.15) is 29.7 Å². The van der Waals surface area contributed by atoms with Gasteiger partial charge in [-0.1, -0.05) is 52.7 Å². The third kappa shape index (κ3) is 3.43. The minimum atomic E-state index is -0.185. The zero-order chi connectivity index (χ0) is 13.8. The quantitative estimate of drug-likeness (QED) is 0.868.